The molecule has 2 aromatic carbocycles. The molecular formula is C34H30F4N6O5S. The summed E-state index contributed by atoms with van der Waals surface area (Å²) in [6, 6.07) is 9.41. The molecule has 50 heavy (non-hydrogen) atoms. The molecule has 1 unspecified atom stereocenters. The van der Waals surface area contributed by atoms with E-state index in [0.29, 0.717) is 54.3 Å². The van der Waals surface area contributed by atoms with Gasteiger partial charge in [-0.3, -0.25) is 24.6 Å². The molecule has 3 aliphatic rings. The van der Waals surface area contributed by atoms with Gasteiger partial charge in [-0.1, -0.05) is 24.3 Å². The molecule has 2 aromatic heterocycles. The van der Waals surface area contributed by atoms with E-state index in [4.69, 9.17) is 0 Å². The van der Waals surface area contributed by atoms with Crippen molar-refractivity contribution < 1.29 is 41.5 Å². The van der Waals surface area contributed by atoms with Crippen LogP contribution in [-0.2, 0) is 38.6 Å². The zero-order valence-electron chi connectivity index (χ0n) is 26.4. The minimum absolute atomic E-state index is 0.101. The highest BCUT2D eigenvalue weighted by Gasteiger charge is 2.43. The van der Waals surface area contributed by atoms with Crippen molar-refractivity contribution in [2.45, 2.75) is 56.9 Å². The Balaban J connectivity index is 1.05. The minimum Gasteiger partial charge on any atom is -0.385 e. The topological polar surface area (TPSA) is 127 Å². The number of piperidine rings is 1. The summed E-state index contributed by atoms with van der Waals surface area (Å²) in [6.45, 7) is 1.08. The van der Waals surface area contributed by atoms with Crippen LogP contribution in [0.2, 0.25) is 0 Å². The number of imidazole rings is 1. The number of carbonyl (C=O) groups is 4. The number of thiazole rings is 1. The maximum Gasteiger partial charge on any atom is 0.491 e. The summed E-state index contributed by atoms with van der Waals surface area (Å²) in [6.07, 6.45) is 0.838. The second kappa shape index (κ2) is 13.4. The number of halogens is 4. The summed E-state index contributed by atoms with van der Waals surface area (Å²) in [4.78, 5) is 62.0. The predicted octanol–water partition coefficient (Wildman–Crippen LogP) is 5.24. The lowest BCUT2D eigenvalue weighted by molar-refractivity contribution is -0.202. The number of carbonyl (C=O) groups excluding carboxylic acids is 4. The average molecular weight is 711 g/mol. The number of nitrogens with one attached hydrogen (secondary N) is 1. The van der Waals surface area contributed by atoms with Crippen molar-refractivity contribution in [2.75, 3.05) is 25.0 Å². The first kappa shape index (κ1) is 33.5. The quantitative estimate of drug-likeness (QED) is 0.150. The van der Waals surface area contributed by atoms with E-state index < -0.39 is 48.3 Å². The van der Waals surface area contributed by atoms with Gasteiger partial charge in [0.15, 0.2) is 11.2 Å². The molecule has 1 saturated heterocycles. The second-order valence-electron chi connectivity index (χ2n) is 12.5. The molecule has 1 fully saturated rings. The van der Waals surface area contributed by atoms with Gasteiger partial charge >= 0.3 is 18.1 Å². The number of aryl methyl sites for hydroxylation is 1. The maximum absolute atomic E-state index is 15.7. The van der Waals surface area contributed by atoms with Gasteiger partial charge in [0.05, 0.1) is 25.1 Å². The Morgan fingerprint density at radius 1 is 1.04 bits per heavy atom. The van der Waals surface area contributed by atoms with Crippen LogP contribution in [0.15, 0.2) is 54.3 Å². The van der Waals surface area contributed by atoms with Gasteiger partial charge in [0.2, 0.25) is 0 Å². The fourth-order valence-electron chi connectivity index (χ4n) is 6.91. The molecule has 2 amide bonds. The Morgan fingerprint density at radius 2 is 1.80 bits per heavy atom. The SMILES string of the molecule is O=C(CN1CCC(c2ccc(-c3cc(F)c4c(c3)C(=O)N(C(C(=O)Nc3nccs3)c3ncn5c3CCC5)C4)cc2)CC1)OC(=O)C(F)(F)F. The van der Waals surface area contributed by atoms with Crippen molar-refractivity contribution in [1.29, 1.82) is 0 Å². The van der Waals surface area contributed by atoms with Crippen molar-refractivity contribution in [3.63, 3.8) is 0 Å². The minimum atomic E-state index is -5.24. The van der Waals surface area contributed by atoms with Crippen molar-refractivity contribution in [1.82, 2.24) is 24.3 Å². The predicted molar refractivity (Wildman–Crippen MR) is 171 cm³/mol. The smallest absolute Gasteiger partial charge is 0.385 e. The molecule has 0 aliphatic carbocycles. The van der Waals surface area contributed by atoms with Gasteiger partial charge in [-0.05, 0) is 73.5 Å². The van der Waals surface area contributed by atoms with Crippen LogP contribution in [0.5, 0.6) is 0 Å². The van der Waals surface area contributed by atoms with Crippen molar-refractivity contribution >= 4 is 40.2 Å². The van der Waals surface area contributed by atoms with E-state index in [2.05, 4.69) is 20.0 Å². The number of benzene rings is 2. The van der Waals surface area contributed by atoms with E-state index in [1.165, 1.54) is 22.3 Å². The number of rotatable bonds is 8. The summed E-state index contributed by atoms with van der Waals surface area (Å²) in [5, 5.41) is 4.89. The first-order valence-electron chi connectivity index (χ1n) is 16.0. The first-order valence-corrected chi connectivity index (χ1v) is 16.9. The van der Waals surface area contributed by atoms with Gasteiger partial charge in [0.1, 0.15) is 5.82 Å². The number of hydrogen-bond acceptors (Lipinski definition) is 9. The van der Waals surface area contributed by atoms with Gasteiger partial charge in [0, 0.05) is 34.9 Å². The molecule has 7 rings (SSSR count). The molecule has 3 aliphatic heterocycles. The second-order valence-corrected chi connectivity index (χ2v) is 13.3. The van der Waals surface area contributed by atoms with Crippen LogP contribution < -0.4 is 5.32 Å². The van der Waals surface area contributed by atoms with E-state index >= 15 is 4.39 Å². The number of likely N-dealkylation sites (tertiary alicyclic amines) is 1. The number of anilines is 1. The Bertz CT molecular complexity index is 1960. The summed E-state index contributed by atoms with van der Waals surface area (Å²) >= 11 is 1.25. The van der Waals surface area contributed by atoms with E-state index in [1.54, 1.807) is 28.9 Å². The molecule has 5 heterocycles. The largest absolute Gasteiger partial charge is 0.491 e. The zero-order chi connectivity index (χ0) is 35.2. The van der Waals surface area contributed by atoms with Crippen molar-refractivity contribution in [2.24, 2.45) is 0 Å². The standard InChI is InChI=1S/C34H30F4N6O5S/c35-25-15-22(20-5-3-19(4-6-20)21-7-11-42(12-8-21)17-27(45)49-32(48)34(36,37)38)14-23-24(25)16-44(31(23)47)29(30(46)41-33-39-9-13-50-33)28-26-2-1-10-43(26)18-40-28/h3-6,9,13-15,18,21,29H,1-2,7-8,10-12,16-17H2,(H,39,41,46). The Morgan fingerprint density at radius 3 is 2.50 bits per heavy atom. The lowest BCUT2D eigenvalue weighted by Gasteiger charge is -2.31. The molecule has 0 saturated carbocycles. The van der Waals surface area contributed by atoms with Crippen LogP contribution in [0.4, 0.5) is 22.7 Å². The lowest BCUT2D eigenvalue weighted by Crippen LogP contribution is -2.39. The summed E-state index contributed by atoms with van der Waals surface area (Å²) in [7, 11) is 0. The molecule has 0 radical (unpaired) electrons. The van der Waals surface area contributed by atoms with Crippen LogP contribution in [0.3, 0.4) is 0 Å². The monoisotopic (exact) mass is 710 g/mol. The van der Waals surface area contributed by atoms with E-state index in [1.807, 2.05) is 28.8 Å². The van der Waals surface area contributed by atoms with E-state index in [9.17, 15) is 32.3 Å². The Kier molecular flexibility index (Phi) is 8.98. The highest BCUT2D eigenvalue weighted by Crippen LogP contribution is 2.38. The molecule has 11 nitrogen and oxygen atoms in total. The average Bonchev–Trinajstić information content (AvgIpc) is 3.89. The number of esters is 2. The molecule has 16 heteroatoms. The van der Waals surface area contributed by atoms with Crippen molar-refractivity contribution in [3.8, 4) is 11.1 Å². The number of ether oxygens (including phenoxy) is 1. The normalized spacial score (nSPS) is 17.0. The number of amides is 2. The Labute approximate surface area is 286 Å². The first-order chi connectivity index (χ1) is 24.0. The third-order valence-corrected chi connectivity index (χ3v) is 10.1. The molecule has 1 atom stereocenters. The highest BCUT2D eigenvalue weighted by atomic mass is 32.1. The number of aromatic nitrogens is 3. The third-order valence-electron chi connectivity index (χ3n) is 9.38. The Hall–Kier alpha value is -4.96. The van der Waals surface area contributed by atoms with Gasteiger partial charge < -0.3 is 14.2 Å². The van der Waals surface area contributed by atoms with Crippen LogP contribution in [0, 0.1) is 5.82 Å². The fourth-order valence-corrected chi connectivity index (χ4v) is 7.45. The van der Waals surface area contributed by atoms with Crippen molar-refractivity contribution in [3.05, 3.63) is 88.2 Å². The van der Waals surface area contributed by atoms with Gasteiger partial charge in [-0.25, -0.2) is 19.2 Å². The number of alkyl halides is 3. The fraction of sp³-hybridized carbons (Fsp3) is 0.353. The third kappa shape index (κ3) is 6.64. The van der Waals surface area contributed by atoms with E-state index in [-0.39, 0.29) is 23.6 Å². The zero-order valence-corrected chi connectivity index (χ0v) is 27.2. The number of hydrogen-bond donors (Lipinski definition) is 1. The summed E-state index contributed by atoms with van der Waals surface area (Å²) in [5.41, 5.74) is 3.90. The lowest BCUT2D eigenvalue weighted by atomic mass is 9.88. The summed E-state index contributed by atoms with van der Waals surface area (Å²) in [5.74, 6) is -5.19. The summed E-state index contributed by atoms with van der Waals surface area (Å²) < 4.78 is 58.7. The molecule has 260 valence electrons. The van der Waals surface area contributed by atoms with Crippen LogP contribution in [-0.4, -0.2) is 73.9 Å². The van der Waals surface area contributed by atoms with Gasteiger partial charge in [0.25, 0.3) is 11.8 Å². The molecule has 1 N–H and O–H groups in total. The molecular weight excluding hydrogens is 680 g/mol. The van der Waals surface area contributed by atoms with Gasteiger partial charge in [-0.15, -0.1) is 11.3 Å². The molecule has 4 aromatic rings. The van der Waals surface area contributed by atoms with Crippen LogP contribution in [0.1, 0.15) is 64.1 Å². The highest BCUT2D eigenvalue weighted by molar-refractivity contribution is 7.13. The number of nitrogens with zero attached hydrogens (tertiary/aromatic N) is 5. The number of fused-ring (bicyclic) bond motifs is 2. The molecule has 0 spiro atoms. The van der Waals surface area contributed by atoms with E-state index in [0.717, 1.165) is 24.2 Å². The molecule has 0 bridgehead atoms. The van der Waals surface area contributed by atoms with Gasteiger partial charge in [-0.2, -0.15) is 13.2 Å². The van der Waals surface area contributed by atoms with Crippen LogP contribution >= 0.6 is 11.3 Å². The van der Waals surface area contributed by atoms with Crippen LogP contribution in [0.25, 0.3) is 11.1 Å². The maximum atomic E-state index is 15.7.